The molecular weight excluding hydrogens is 749 g/mol. The molecule has 0 amide bonds. The van der Waals surface area contributed by atoms with Crippen LogP contribution >= 0.6 is 0 Å². The molecule has 11 aromatic carbocycles. The average Bonchev–Trinajstić information content (AvgIpc) is 3.69. The first kappa shape index (κ1) is 35.7. The van der Waals surface area contributed by atoms with Crippen LogP contribution in [0.25, 0.3) is 93.2 Å². The SMILES string of the molecule is c1ccc(-n2c3cc(-c4ccc(N(c5ccc(-c6ccc7ccccc7c6)cc5)c5ccc(-c6cccc7ccccc67)cc5)cc4)ccc3c3ccc4ccccc4c32)cc1. The van der Waals surface area contributed by atoms with Gasteiger partial charge < -0.3 is 9.47 Å². The Labute approximate surface area is 360 Å². The van der Waals surface area contributed by atoms with Gasteiger partial charge in [-0.1, -0.05) is 182 Å². The van der Waals surface area contributed by atoms with Crippen molar-refractivity contribution in [3.8, 4) is 39.1 Å². The summed E-state index contributed by atoms with van der Waals surface area (Å²) in [6, 6.07) is 88.4. The van der Waals surface area contributed by atoms with Crippen LogP contribution in [0.1, 0.15) is 0 Å². The van der Waals surface area contributed by atoms with Crippen molar-refractivity contribution in [2.75, 3.05) is 4.90 Å². The number of para-hydroxylation sites is 1. The maximum Gasteiger partial charge on any atom is 0.0619 e. The third kappa shape index (κ3) is 6.12. The van der Waals surface area contributed by atoms with Crippen LogP contribution in [0.4, 0.5) is 17.1 Å². The maximum atomic E-state index is 2.44. The normalized spacial score (nSPS) is 11.5. The lowest BCUT2D eigenvalue weighted by molar-refractivity contribution is 1.19. The van der Waals surface area contributed by atoms with Crippen molar-refractivity contribution in [2.24, 2.45) is 0 Å². The number of hydrogen-bond acceptors (Lipinski definition) is 1. The van der Waals surface area contributed by atoms with Gasteiger partial charge in [0, 0.05) is 38.9 Å². The van der Waals surface area contributed by atoms with Gasteiger partial charge in [-0.05, 0) is 121 Å². The van der Waals surface area contributed by atoms with Crippen molar-refractivity contribution in [1.29, 1.82) is 0 Å². The Morgan fingerprint density at radius 1 is 0.274 bits per heavy atom. The van der Waals surface area contributed by atoms with Gasteiger partial charge in [-0.15, -0.1) is 0 Å². The second kappa shape index (κ2) is 14.8. The number of rotatable bonds is 7. The van der Waals surface area contributed by atoms with Crippen LogP contribution in [-0.2, 0) is 0 Å². The van der Waals surface area contributed by atoms with Crippen molar-refractivity contribution >= 4 is 71.2 Å². The molecule has 0 N–H and O–H groups in total. The summed E-state index contributed by atoms with van der Waals surface area (Å²) in [6.45, 7) is 0. The predicted molar refractivity (Wildman–Crippen MR) is 264 cm³/mol. The van der Waals surface area contributed by atoms with Crippen molar-refractivity contribution < 1.29 is 0 Å². The Hall–Kier alpha value is -8.20. The molecule has 2 heteroatoms. The number of aromatic nitrogens is 1. The van der Waals surface area contributed by atoms with Crippen LogP contribution in [0.3, 0.4) is 0 Å². The Morgan fingerprint density at radius 3 is 1.45 bits per heavy atom. The summed E-state index contributed by atoms with van der Waals surface area (Å²) in [5.41, 5.74) is 14.1. The molecular formula is C60H40N2. The summed E-state index contributed by atoms with van der Waals surface area (Å²) in [5, 5.41) is 10.0. The highest BCUT2D eigenvalue weighted by molar-refractivity contribution is 6.19. The van der Waals surface area contributed by atoms with E-state index in [0.717, 1.165) is 22.7 Å². The molecule has 0 saturated heterocycles. The van der Waals surface area contributed by atoms with Gasteiger partial charge in [0.25, 0.3) is 0 Å². The van der Waals surface area contributed by atoms with E-state index in [1.165, 1.54) is 87.5 Å². The molecule has 12 aromatic rings. The van der Waals surface area contributed by atoms with E-state index < -0.39 is 0 Å². The zero-order chi connectivity index (χ0) is 41.0. The molecule has 0 spiro atoms. The molecule has 12 rings (SSSR count). The molecule has 0 aliphatic heterocycles. The van der Waals surface area contributed by atoms with Crippen molar-refractivity contribution in [1.82, 2.24) is 4.57 Å². The van der Waals surface area contributed by atoms with Crippen LogP contribution in [0.5, 0.6) is 0 Å². The summed E-state index contributed by atoms with van der Waals surface area (Å²) in [7, 11) is 0. The Balaban J connectivity index is 0.952. The smallest absolute Gasteiger partial charge is 0.0619 e. The van der Waals surface area contributed by atoms with Crippen LogP contribution in [-0.4, -0.2) is 4.57 Å². The topological polar surface area (TPSA) is 8.17 Å². The minimum Gasteiger partial charge on any atom is -0.311 e. The van der Waals surface area contributed by atoms with Crippen LogP contribution in [0.2, 0.25) is 0 Å². The fourth-order valence-electron chi connectivity index (χ4n) is 9.49. The third-order valence-electron chi connectivity index (χ3n) is 12.6. The summed E-state index contributed by atoms with van der Waals surface area (Å²) >= 11 is 0. The van der Waals surface area contributed by atoms with Gasteiger partial charge >= 0.3 is 0 Å². The molecule has 0 saturated carbocycles. The highest BCUT2D eigenvalue weighted by Gasteiger charge is 2.18. The number of hydrogen-bond donors (Lipinski definition) is 0. The zero-order valence-electron chi connectivity index (χ0n) is 34.0. The average molecular weight is 789 g/mol. The van der Waals surface area contributed by atoms with Gasteiger partial charge in [0.1, 0.15) is 0 Å². The van der Waals surface area contributed by atoms with E-state index in [4.69, 9.17) is 0 Å². The minimum atomic E-state index is 1.09. The van der Waals surface area contributed by atoms with E-state index >= 15 is 0 Å². The summed E-state index contributed by atoms with van der Waals surface area (Å²) in [6.07, 6.45) is 0. The molecule has 0 bridgehead atoms. The second-order valence-electron chi connectivity index (χ2n) is 16.2. The fraction of sp³-hybridized carbons (Fsp3) is 0. The molecule has 2 nitrogen and oxygen atoms in total. The Bertz CT molecular complexity index is 3600. The maximum absolute atomic E-state index is 2.44. The van der Waals surface area contributed by atoms with Crippen molar-refractivity contribution in [3.63, 3.8) is 0 Å². The first-order chi connectivity index (χ1) is 30.7. The van der Waals surface area contributed by atoms with Gasteiger partial charge in [-0.25, -0.2) is 0 Å². The van der Waals surface area contributed by atoms with E-state index in [-0.39, 0.29) is 0 Å². The first-order valence-electron chi connectivity index (χ1n) is 21.3. The van der Waals surface area contributed by atoms with Gasteiger partial charge in [-0.2, -0.15) is 0 Å². The molecule has 1 aromatic heterocycles. The molecule has 0 aliphatic carbocycles. The molecule has 62 heavy (non-hydrogen) atoms. The number of benzene rings is 11. The lowest BCUT2D eigenvalue weighted by Crippen LogP contribution is -2.09. The molecule has 0 aliphatic rings. The summed E-state index contributed by atoms with van der Waals surface area (Å²) in [4.78, 5) is 2.36. The monoisotopic (exact) mass is 788 g/mol. The standard InChI is InChI=1S/C60H40N2/c1-2-16-50(17-3-1)62-59-40-49(30-37-57(59)58-38-29-45-13-7-9-19-56(45)60(58)62)43-25-33-52(34-26-43)61(51-31-23-42(24-32-51)48-22-21-41-11-4-5-14-47(41)39-48)53-35-27-46(28-36-53)55-20-10-15-44-12-6-8-18-54(44)55/h1-40H. The molecule has 290 valence electrons. The number of fused-ring (bicyclic) bond motifs is 7. The van der Waals surface area contributed by atoms with Gasteiger partial charge in [0.05, 0.1) is 11.0 Å². The molecule has 0 unspecified atom stereocenters. The van der Waals surface area contributed by atoms with E-state index in [0.29, 0.717) is 0 Å². The highest BCUT2D eigenvalue weighted by Crippen LogP contribution is 2.41. The Morgan fingerprint density at radius 2 is 0.758 bits per heavy atom. The minimum absolute atomic E-state index is 1.09. The molecule has 0 fully saturated rings. The van der Waals surface area contributed by atoms with Gasteiger partial charge in [-0.3, -0.25) is 0 Å². The fourth-order valence-corrected chi connectivity index (χ4v) is 9.49. The van der Waals surface area contributed by atoms with Crippen molar-refractivity contribution in [3.05, 3.63) is 243 Å². The zero-order valence-corrected chi connectivity index (χ0v) is 34.0. The summed E-state index contributed by atoms with van der Waals surface area (Å²) < 4.78 is 2.44. The largest absolute Gasteiger partial charge is 0.311 e. The number of anilines is 3. The van der Waals surface area contributed by atoms with E-state index in [9.17, 15) is 0 Å². The first-order valence-corrected chi connectivity index (χ1v) is 21.3. The quantitative estimate of drug-likeness (QED) is 0.156. The van der Waals surface area contributed by atoms with Gasteiger partial charge in [0.2, 0.25) is 0 Å². The molecule has 1 heterocycles. The predicted octanol–water partition coefficient (Wildman–Crippen LogP) is 16.7. The third-order valence-corrected chi connectivity index (χ3v) is 12.6. The van der Waals surface area contributed by atoms with E-state index in [1.54, 1.807) is 0 Å². The van der Waals surface area contributed by atoms with E-state index in [1.807, 2.05) is 0 Å². The summed E-state index contributed by atoms with van der Waals surface area (Å²) in [5.74, 6) is 0. The van der Waals surface area contributed by atoms with Crippen LogP contribution < -0.4 is 4.90 Å². The van der Waals surface area contributed by atoms with E-state index in [2.05, 4.69) is 252 Å². The molecule has 0 radical (unpaired) electrons. The highest BCUT2D eigenvalue weighted by atomic mass is 15.1. The van der Waals surface area contributed by atoms with Crippen LogP contribution in [0, 0.1) is 0 Å². The number of nitrogens with zero attached hydrogens (tertiary/aromatic N) is 2. The van der Waals surface area contributed by atoms with Gasteiger partial charge in [0.15, 0.2) is 0 Å². The molecule has 0 atom stereocenters. The lowest BCUT2D eigenvalue weighted by Gasteiger charge is -2.26. The van der Waals surface area contributed by atoms with Crippen molar-refractivity contribution in [2.45, 2.75) is 0 Å². The Kier molecular flexibility index (Phi) is 8.53. The van der Waals surface area contributed by atoms with Crippen LogP contribution in [0.15, 0.2) is 243 Å². The second-order valence-corrected chi connectivity index (χ2v) is 16.2. The lowest BCUT2D eigenvalue weighted by atomic mass is 9.98.